The number of anilines is 1. The Labute approximate surface area is 110 Å². The second-order valence-corrected chi connectivity index (χ2v) is 6.62. The first kappa shape index (κ1) is 15.1. The highest BCUT2D eigenvalue weighted by molar-refractivity contribution is 7.57. The molecule has 0 aliphatic heterocycles. The van der Waals surface area contributed by atoms with Crippen LogP contribution in [0.1, 0.15) is 0 Å². The summed E-state index contributed by atoms with van der Waals surface area (Å²) in [6.07, 6.45) is -0.199. The third kappa shape index (κ3) is 4.76. The maximum Gasteiger partial charge on any atom is 0.264 e. The van der Waals surface area contributed by atoms with E-state index in [0.29, 0.717) is 5.06 Å². The molecule has 1 amide bonds. The van der Waals surface area contributed by atoms with E-state index in [4.69, 9.17) is 16.5 Å². The minimum Gasteiger partial charge on any atom is -0.344 e. The maximum absolute atomic E-state index is 11.6. The van der Waals surface area contributed by atoms with Crippen molar-refractivity contribution in [2.75, 3.05) is 24.6 Å². The zero-order valence-corrected chi connectivity index (χ0v) is 11.4. The lowest BCUT2D eigenvalue weighted by atomic mass is 10.3. The molecule has 1 rings (SSSR count). The molecule has 0 aliphatic rings. The minimum atomic E-state index is -3.22. The topological polar surface area (TPSA) is 89.9 Å². The summed E-state index contributed by atoms with van der Waals surface area (Å²) < 4.78 is 11.0. The zero-order chi connectivity index (χ0) is 13.8. The first-order valence-corrected chi connectivity index (χ1v) is 7.74. The predicted molar refractivity (Wildman–Crippen MR) is 69.3 cm³/mol. The van der Waals surface area contributed by atoms with Crippen LogP contribution >= 0.6 is 19.0 Å². The average molecular weight is 293 g/mol. The molecule has 18 heavy (non-hydrogen) atoms. The van der Waals surface area contributed by atoms with Crippen molar-refractivity contribution in [1.82, 2.24) is 5.32 Å². The van der Waals surface area contributed by atoms with E-state index in [0.717, 1.165) is 0 Å². The highest BCUT2D eigenvalue weighted by Crippen LogP contribution is 2.32. The van der Waals surface area contributed by atoms with Crippen LogP contribution in [0.2, 0.25) is 5.02 Å². The van der Waals surface area contributed by atoms with Gasteiger partial charge < -0.3 is 4.89 Å². The van der Waals surface area contributed by atoms with Crippen molar-refractivity contribution in [3.05, 3.63) is 29.3 Å². The molecule has 0 bridgehead atoms. The number of carbonyl (C=O) groups is 1. The second kappa shape index (κ2) is 6.31. The fourth-order valence-corrected chi connectivity index (χ4v) is 1.95. The van der Waals surface area contributed by atoms with Crippen LogP contribution < -0.4 is 10.4 Å². The van der Waals surface area contributed by atoms with E-state index in [2.05, 4.69) is 5.32 Å². The van der Waals surface area contributed by atoms with Crippen molar-refractivity contribution in [3.8, 4) is 0 Å². The van der Waals surface area contributed by atoms with Crippen molar-refractivity contribution in [2.24, 2.45) is 0 Å². The Bertz CT molecular complexity index is 477. The van der Waals surface area contributed by atoms with Gasteiger partial charge in [-0.05, 0) is 12.1 Å². The van der Waals surface area contributed by atoms with Gasteiger partial charge in [-0.2, -0.15) is 5.06 Å². The Morgan fingerprint density at radius 1 is 1.50 bits per heavy atom. The lowest BCUT2D eigenvalue weighted by Gasteiger charge is -2.16. The SMILES string of the molecule is CP(=O)(O)CNCC(=O)N(O)c1ccccc1Cl. The van der Waals surface area contributed by atoms with Gasteiger partial charge in [0.2, 0.25) is 7.37 Å². The number of nitrogens with one attached hydrogen (secondary N) is 1. The van der Waals surface area contributed by atoms with E-state index >= 15 is 0 Å². The molecule has 0 heterocycles. The Hall–Kier alpha value is -0.910. The standard InChI is InChI=1S/C10H14ClN2O4P/c1-18(16,17)7-12-6-10(14)13(15)9-5-3-2-4-8(9)11/h2-5,12,15H,6-7H2,1H3,(H,16,17). The summed E-state index contributed by atoms with van der Waals surface area (Å²) >= 11 is 5.81. The summed E-state index contributed by atoms with van der Waals surface area (Å²) in [4.78, 5) is 20.6. The third-order valence-electron chi connectivity index (χ3n) is 2.00. The molecular formula is C10H14ClN2O4P. The Morgan fingerprint density at radius 2 is 2.11 bits per heavy atom. The molecule has 1 unspecified atom stereocenters. The van der Waals surface area contributed by atoms with E-state index in [1.165, 1.54) is 18.8 Å². The van der Waals surface area contributed by atoms with E-state index in [1.807, 2.05) is 0 Å². The van der Waals surface area contributed by atoms with Crippen LogP contribution in [0.25, 0.3) is 0 Å². The Morgan fingerprint density at radius 3 is 2.67 bits per heavy atom. The number of hydrogen-bond donors (Lipinski definition) is 3. The molecule has 3 N–H and O–H groups in total. The van der Waals surface area contributed by atoms with Crippen molar-refractivity contribution in [2.45, 2.75) is 0 Å². The maximum atomic E-state index is 11.6. The number of amides is 1. The second-order valence-electron chi connectivity index (χ2n) is 3.79. The van der Waals surface area contributed by atoms with Gasteiger partial charge in [-0.15, -0.1) is 0 Å². The van der Waals surface area contributed by atoms with Crippen LogP contribution in [0.4, 0.5) is 5.69 Å². The number of hydroxylamine groups is 1. The molecule has 8 heteroatoms. The lowest BCUT2D eigenvalue weighted by Crippen LogP contribution is -2.36. The zero-order valence-electron chi connectivity index (χ0n) is 9.71. The molecule has 0 radical (unpaired) electrons. The van der Waals surface area contributed by atoms with Gasteiger partial charge in [0, 0.05) is 6.66 Å². The van der Waals surface area contributed by atoms with Gasteiger partial charge in [-0.25, -0.2) is 0 Å². The number of para-hydroxylation sites is 1. The van der Waals surface area contributed by atoms with Crippen molar-refractivity contribution in [1.29, 1.82) is 0 Å². The summed E-state index contributed by atoms with van der Waals surface area (Å²) in [5.74, 6) is -0.670. The monoisotopic (exact) mass is 292 g/mol. The predicted octanol–water partition coefficient (Wildman–Crippen LogP) is 1.51. The summed E-state index contributed by atoms with van der Waals surface area (Å²) in [7, 11) is -3.22. The van der Waals surface area contributed by atoms with Crippen LogP contribution in [0.15, 0.2) is 24.3 Å². The summed E-state index contributed by atoms with van der Waals surface area (Å²) in [5, 5.41) is 12.8. The van der Waals surface area contributed by atoms with E-state index in [1.54, 1.807) is 12.1 Å². The molecular weight excluding hydrogens is 279 g/mol. The van der Waals surface area contributed by atoms with Gasteiger partial charge in [0.1, 0.15) is 0 Å². The van der Waals surface area contributed by atoms with Crippen LogP contribution in [-0.4, -0.2) is 35.5 Å². The summed E-state index contributed by atoms with van der Waals surface area (Å²) in [5.41, 5.74) is 0.162. The van der Waals surface area contributed by atoms with Gasteiger partial charge >= 0.3 is 0 Å². The molecule has 1 atom stereocenters. The van der Waals surface area contributed by atoms with Gasteiger partial charge in [0.25, 0.3) is 5.91 Å². The number of nitrogens with zero attached hydrogens (tertiary/aromatic N) is 1. The van der Waals surface area contributed by atoms with Crippen LogP contribution in [-0.2, 0) is 9.36 Å². The van der Waals surface area contributed by atoms with E-state index in [-0.39, 0.29) is 23.5 Å². The highest BCUT2D eigenvalue weighted by atomic mass is 35.5. The molecule has 1 aromatic rings. The fourth-order valence-electron chi connectivity index (χ4n) is 1.20. The van der Waals surface area contributed by atoms with Crippen molar-refractivity contribution in [3.63, 3.8) is 0 Å². The smallest absolute Gasteiger partial charge is 0.264 e. The van der Waals surface area contributed by atoms with E-state index in [9.17, 15) is 14.6 Å². The van der Waals surface area contributed by atoms with Gasteiger partial charge in [0.15, 0.2) is 0 Å². The van der Waals surface area contributed by atoms with Crippen LogP contribution in [0, 0.1) is 0 Å². The first-order valence-electron chi connectivity index (χ1n) is 5.07. The molecule has 0 saturated heterocycles. The molecule has 0 saturated carbocycles. The molecule has 0 fully saturated rings. The molecule has 0 spiro atoms. The first-order chi connectivity index (χ1) is 8.31. The molecule has 0 aliphatic carbocycles. The molecule has 100 valence electrons. The normalized spacial score (nSPS) is 14.0. The lowest BCUT2D eigenvalue weighted by molar-refractivity contribution is -0.122. The minimum absolute atomic E-state index is 0.162. The van der Waals surface area contributed by atoms with Crippen LogP contribution in [0.3, 0.4) is 0 Å². The third-order valence-corrected chi connectivity index (χ3v) is 3.13. The summed E-state index contributed by atoms with van der Waals surface area (Å²) in [6, 6.07) is 6.31. The number of hydrogen-bond acceptors (Lipinski definition) is 4. The van der Waals surface area contributed by atoms with Gasteiger partial charge in [-0.1, -0.05) is 23.7 Å². The Kier molecular flexibility index (Phi) is 5.31. The van der Waals surface area contributed by atoms with Crippen molar-refractivity contribution < 1.29 is 19.5 Å². The molecule has 0 aromatic heterocycles. The van der Waals surface area contributed by atoms with Gasteiger partial charge in [-0.3, -0.25) is 19.9 Å². The number of carbonyl (C=O) groups excluding carboxylic acids is 1. The average Bonchev–Trinajstić information content (AvgIpc) is 2.27. The quantitative estimate of drug-likeness (QED) is 0.435. The number of rotatable bonds is 5. The van der Waals surface area contributed by atoms with E-state index < -0.39 is 13.3 Å². The highest BCUT2D eigenvalue weighted by Gasteiger charge is 2.16. The van der Waals surface area contributed by atoms with Crippen molar-refractivity contribution >= 4 is 30.6 Å². The van der Waals surface area contributed by atoms with Crippen LogP contribution in [0.5, 0.6) is 0 Å². The largest absolute Gasteiger partial charge is 0.344 e. The molecule has 1 aromatic carbocycles. The summed E-state index contributed by atoms with van der Waals surface area (Å²) in [6.45, 7) is 0.912. The number of halogens is 1. The Balaban J connectivity index is 2.57. The van der Waals surface area contributed by atoms with Gasteiger partial charge in [0.05, 0.1) is 23.5 Å². The molecule has 6 nitrogen and oxygen atoms in total. The fraction of sp³-hybridized carbons (Fsp3) is 0.300. The number of benzene rings is 1.